The van der Waals surface area contributed by atoms with E-state index in [9.17, 15) is 9.59 Å². The first kappa shape index (κ1) is 33.4. The van der Waals surface area contributed by atoms with Gasteiger partial charge in [-0.15, -0.1) is 0 Å². The van der Waals surface area contributed by atoms with Crippen LogP contribution in [0, 0.1) is 5.92 Å². The number of nitrogens with zero attached hydrogens (tertiary/aromatic N) is 3. The number of hydrogen-bond donors (Lipinski definition) is 2. The fourth-order valence-electron chi connectivity index (χ4n) is 6.90. The SMILES string of the molecule is COc1c(NSC)cc(C(C)(C)C)cc1NC(=O)c1cc2cccc(CN3CCC(CCC(=O)CN4CCCC4)CC3)c2n1C. The van der Waals surface area contributed by atoms with Gasteiger partial charge in [0.05, 0.1) is 30.5 Å². The zero-order valence-corrected chi connectivity index (χ0v) is 28.8. The minimum absolute atomic E-state index is 0.103. The molecule has 3 heterocycles. The Morgan fingerprint density at radius 3 is 2.38 bits per heavy atom. The Morgan fingerprint density at radius 2 is 1.71 bits per heavy atom. The number of likely N-dealkylation sites (tertiary alicyclic amines) is 2. The molecule has 0 saturated carbocycles. The van der Waals surface area contributed by atoms with Gasteiger partial charge >= 0.3 is 0 Å². The Bertz CT molecular complexity index is 1500. The van der Waals surface area contributed by atoms with Crippen LogP contribution in [0.3, 0.4) is 0 Å². The van der Waals surface area contributed by atoms with Crippen LogP contribution >= 0.6 is 11.9 Å². The summed E-state index contributed by atoms with van der Waals surface area (Å²) in [6.45, 7) is 12.2. The summed E-state index contributed by atoms with van der Waals surface area (Å²) in [7, 11) is 3.61. The molecule has 0 radical (unpaired) electrons. The van der Waals surface area contributed by atoms with Crippen molar-refractivity contribution in [1.29, 1.82) is 0 Å². The van der Waals surface area contributed by atoms with E-state index in [0.29, 0.717) is 35.4 Å². The van der Waals surface area contributed by atoms with E-state index in [1.54, 1.807) is 7.11 Å². The highest BCUT2D eigenvalue weighted by Crippen LogP contribution is 2.40. The number of Topliss-reactive ketones (excluding diaryl/α,β-unsaturated/α-hetero) is 1. The van der Waals surface area contributed by atoms with Crippen molar-refractivity contribution in [3.05, 3.63) is 53.2 Å². The first-order valence-corrected chi connectivity index (χ1v) is 17.7. The summed E-state index contributed by atoms with van der Waals surface area (Å²) < 4.78 is 11.1. The van der Waals surface area contributed by atoms with Crippen LogP contribution in [0.4, 0.5) is 11.4 Å². The van der Waals surface area contributed by atoms with Gasteiger partial charge < -0.3 is 19.3 Å². The summed E-state index contributed by atoms with van der Waals surface area (Å²) in [5.41, 5.74) is 5.42. The van der Waals surface area contributed by atoms with Gasteiger partial charge in [0.15, 0.2) is 5.75 Å². The lowest BCUT2D eigenvalue weighted by Crippen LogP contribution is -2.34. The number of para-hydroxylation sites is 1. The zero-order valence-electron chi connectivity index (χ0n) is 28.0. The van der Waals surface area contributed by atoms with Crippen LogP contribution in [-0.2, 0) is 23.8 Å². The van der Waals surface area contributed by atoms with Crippen LogP contribution in [0.1, 0.15) is 80.9 Å². The van der Waals surface area contributed by atoms with Crippen LogP contribution in [0.2, 0.25) is 0 Å². The van der Waals surface area contributed by atoms with Crippen molar-refractivity contribution in [1.82, 2.24) is 14.4 Å². The molecule has 0 aliphatic carbocycles. The number of aryl methyl sites for hydroxylation is 1. The lowest BCUT2D eigenvalue weighted by molar-refractivity contribution is -0.120. The molecule has 1 aromatic heterocycles. The predicted molar refractivity (Wildman–Crippen MR) is 188 cm³/mol. The Labute approximate surface area is 273 Å². The fraction of sp³-hybridized carbons (Fsp3) is 0.556. The highest BCUT2D eigenvalue weighted by molar-refractivity contribution is 7.99. The number of amides is 1. The molecule has 2 aliphatic rings. The molecule has 0 atom stereocenters. The van der Waals surface area contributed by atoms with Gasteiger partial charge in [0.25, 0.3) is 5.91 Å². The highest BCUT2D eigenvalue weighted by atomic mass is 32.2. The maximum atomic E-state index is 13.8. The molecule has 2 saturated heterocycles. The third-order valence-corrected chi connectivity index (χ3v) is 9.95. The van der Waals surface area contributed by atoms with Crippen molar-refractivity contribution in [3.63, 3.8) is 0 Å². The van der Waals surface area contributed by atoms with Crippen molar-refractivity contribution in [2.45, 2.75) is 71.3 Å². The number of ether oxygens (including phenoxy) is 1. The molecule has 9 heteroatoms. The van der Waals surface area contributed by atoms with Crippen molar-refractivity contribution < 1.29 is 14.3 Å². The molecule has 0 spiro atoms. The van der Waals surface area contributed by atoms with Gasteiger partial charge in [-0.3, -0.25) is 19.4 Å². The molecule has 2 N–H and O–H groups in total. The van der Waals surface area contributed by atoms with E-state index in [-0.39, 0.29) is 11.3 Å². The summed E-state index contributed by atoms with van der Waals surface area (Å²) in [4.78, 5) is 31.1. The molecule has 8 nitrogen and oxygen atoms in total. The Hall–Kier alpha value is -3.01. The Balaban J connectivity index is 1.25. The molecule has 244 valence electrons. The quantitative estimate of drug-likeness (QED) is 0.206. The number of aromatic nitrogens is 1. The average Bonchev–Trinajstić information content (AvgIpc) is 3.64. The van der Waals surface area contributed by atoms with Crippen molar-refractivity contribution in [3.8, 4) is 5.75 Å². The van der Waals surface area contributed by atoms with E-state index in [1.165, 1.54) is 30.4 Å². The van der Waals surface area contributed by atoms with Crippen molar-refractivity contribution >= 4 is 45.9 Å². The maximum absolute atomic E-state index is 13.8. The van der Waals surface area contributed by atoms with Gasteiger partial charge in [0, 0.05) is 31.7 Å². The normalized spacial score (nSPS) is 16.8. The number of hydrogen-bond acceptors (Lipinski definition) is 7. The second-order valence-corrected chi connectivity index (χ2v) is 14.5. The number of rotatable bonds is 12. The average molecular weight is 634 g/mol. The summed E-state index contributed by atoms with van der Waals surface area (Å²) in [6, 6.07) is 12.5. The second kappa shape index (κ2) is 14.6. The van der Waals surface area contributed by atoms with Gasteiger partial charge in [-0.25, -0.2) is 0 Å². The van der Waals surface area contributed by atoms with Crippen LogP contribution < -0.4 is 14.8 Å². The van der Waals surface area contributed by atoms with Gasteiger partial charge in [-0.1, -0.05) is 50.9 Å². The van der Waals surface area contributed by atoms with Gasteiger partial charge in [0.1, 0.15) is 11.5 Å². The molecular weight excluding hydrogens is 582 g/mol. The number of benzene rings is 2. The lowest BCUT2D eigenvalue weighted by atomic mass is 9.86. The topological polar surface area (TPSA) is 78.8 Å². The number of carbonyl (C=O) groups is 2. The van der Waals surface area contributed by atoms with Crippen molar-refractivity contribution in [2.24, 2.45) is 13.0 Å². The van der Waals surface area contributed by atoms with Gasteiger partial charge in [-0.2, -0.15) is 0 Å². The standard InChI is InChI=1S/C36H51N5O3S/c1-36(2,3)28-21-30(34(44-5)31(22-28)38-45-6)37-35(43)32-20-26-10-9-11-27(33(26)39(32)4)23-41-18-14-25(15-19-41)12-13-29(42)24-40-16-7-8-17-40/h9-11,20-22,25,38H,7-8,12-19,23-24H2,1-6H3,(H,37,43). The molecular formula is C36H51N5O3S. The summed E-state index contributed by atoms with van der Waals surface area (Å²) in [6.07, 6.45) is 8.44. The number of anilines is 2. The fourth-order valence-corrected chi connectivity index (χ4v) is 7.27. The molecule has 2 aliphatic heterocycles. The number of piperidine rings is 1. The smallest absolute Gasteiger partial charge is 0.272 e. The van der Waals surface area contributed by atoms with Crippen molar-refractivity contribution in [2.75, 3.05) is 56.1 Å². The summed E-state index contributed by atoms with van der Waals surface area (Å²) >= 11 is 1.49. The zero-order chi connectivity index (χ0) is 32.1. The maximum Gasteiger partial charge on any atom is 0.272 e. The van der Waals surface area contributed by atoms with Crippen LogP contribution in [0.15, 0.2) is 36.4 Å². The van der Waals surface area contributed by atoms with Gasteiger partial charge in [-0.05, 0) is 98.9 Å². The summed E-state index contributed by atoms with van der Waals surface area (Å²) in [5, 5.41) is 4.23. The molecule has 5 rings (SSSR count). The molecule has 2 fully saturated rings. The van der Waals surface area contributed by atoms with E-state index in [0.717, 1.165) is 80.6 Å². The van der Waals surface area contributed by atoms with E-state index >= 15 is 0 Å². The number of ketones is 1. The minimum Gasteiger partial charge on any atom is -0.492 e. The number of methoxy groups -OCH3 is 1. The first-order valence-electron chi connectivity index (χ1n) is 16.4. The predicted octanol–water partition coefficient (Wildman–Crippen LogP) is 7.08. The highest BCUT2D eigenvalue weighted by Gasteiger charge is 2.25. The molecule has 0 bridgehead atoms. The third-order valence-electron chi connectivity index (χ3n) is 9.52. The minimum atomic E-state index is -0.167. The molecule has 2 aromatic carbocycles. The van der Waals surface area contributed by atoms with Crippen LogP contribution in [0.5, 0.6) is 5.75 Å². The first-order chi connectivity index (χ1) is 21.6. The van der Waals surface area contributed by atoms with Gasteiger partial charge in [0.2, 0.25) is 0 Å². The van der Waals surface area contributed by atoms with E-state index in [1.807, 2.05) is 30.0 Å². The molecule has 1 amide bonds. The van der Waals surface area contributed by atoms with E-state index in [2.05, 4.69) is 64.9 Å². The Morgan fingerprint density at radius 1 is 1.00 bits per heavy atom. The third kappa shape index (κ3) is 8.05. The molecule has 3 aromatic rings. The van der Waals surface area contributed by atoms with Crippen LogP contribution in [0.25, 0.3) is 10.9 Å². The second-order valence-electron chi connectivity index (χ2n) is 13.8. The number of carbonyl (C=O) groups excluding carboxylic acids is 2. The van der Waals surface area contributed by atoms with E-state index < -0.39 is 0 Å². The summed E-state index contributed by atoms with van der Waals surface area (Å²) in [5.74, 6) is 1.49. The Kier molecular flexibility index (Phi) is 10.8. The largest absolute Gasteiger partial charge is 0.492 e. The van der Waals surface area contributed by atoms with Crippen LogP contribution in [-0.4, -0.2) is 72.1 Å². The molecule has 45 heavy (non-hydrogen) atoms. The van der Waals surface area contributed by atoms with E-state index in [4.69, 9.17) is 4.74 Å². The molecule has 0 unspecified atom stereocenters. The number of fused-ring (bicyclic) bond motifs is 1. The monoisotopic (exact) mass is 633 g/mol. The number of nitrogens with one attached hydrogen (secondary N) is 2. The lowest BCUT2D eigenvalue weighted by Gasteiger charge is -2.32.